The Kier molecular flexibility index (Phi) is 6.27. The highest BCUT2D eigenvalue weighted by atomic mass is 16.3. The van der Waals surface area contributed by atoms with Gasteiger partial charge in [0.05, 0.1) is 22.1 Å². The maximum absolute atomic E-state index is 6.78. The number of fused-ring (bicyclic) bond motifs is 10. The van der Waals surface area contributed by atoms with E-state index in [4.69, 9.17) is 14.4 Å². The van der Waals surface area contributed by atoms with E-state index in [0.29, 0.717) is 11.5 Å². The van der Waals surface area contributed by atoms with Crippen LogP contribution >= 0.6 is 0 Å². The Bertz CT molecular complexity index is 3480. The van der Waals surface area contributed by atoms with Crippen molar-refractivity contribution in [2.75, 3.05) is 0 Å². The third kappa shape index (κ3) is 4.47. The first-order valence-electron chi connectivity index (χ1n) is 18.6. The van der Waals surface area contributed by atoms with Gasteiger partial charge < -0.3 is 8.98 Å². The summed E-state index contributed by atoms with van der Waals surface area (Å²) in [7, 11) is 0. The lowest BCUT2D eigenvalue weighted by Crippen LogP contribution is -2.03. The lowest BCUT2D eigenvalue weighted by atomic mass is 10.0. The summed E-state index contributed by atoms with van der Waals surface area (Å²) in [6.07, 6.45) is 0. The predicted octanol–water partition coefficient (Wildman–Crippen LogP) is 13.1. The molecular formula is C50H30N4O. The van der Waals surface area contributed by atoms with E-state index in [2.05, 4.69) is 185 Å². The van der Waals surface area contributed by atoms with Crippen LogP contribution in [0.4, 0.5) is 0 Å². The predicted molar refractivity (Wildman–Crippen MR) is 226 cm³/mol. The first-order valence-corrected chi connectivity index (χ1v) is 18.6. The van der Waals surface area contributed by atoms with E-state index in [1.54, 1.807) is 0 Å². The van der Waals surface area contributed by atoms with Crippen molar-refractivity contribution in [3.63, 3.8) is 0 Å². The van der Waals surface area contributed by atoms with Crippen LogP contribution in [0.15, 0.2) is 186 Å². The molecule has 0 aliphatic rings. The first-order chi connectivity index (χ1) is 27.3. The maximum atomic E-state index is 6.78. The van der Waals surface area contributed by atoms with Crippen LogP contribution in [0.1, 0.15) is 0 Å². The largest absolute Gasteiger partial charge is 0.452 e. The number of furan rings is 1. The lowest BCUT2D eigenvalue weighted by molar-refractivity contribution is 0.666. The molecule has 4 aromatic heterocycles. The van der Waals surface area contributed by atoms with Gasteiger partial charge in [0.25, 0.3) is 0 Å². The van der Waals surface area contributed by atoms with E-state index in [1.165, 1.54) is 21.5 Å². The van der Waals surface area contributed by atoms with Gasteiger partial charge in [-0.25, -0.2) is 9.97 Å². The van der Waals surface area contributed by atoms with Gasteiger partial charge in [-0.3, -0.25) is 4.57 Å². The van der Waals surface area contributed by atoms with E-state index in [9.17, 15) is 0 Å². The quantitative estimate of drug-likeness (QED) is 0.183. The number of hydrogen-bond acceptors (Lipinski definition) is 3. The molecule has 12 aromatic rings. The van der Waals surface area contributed by atoms with Gasteiger partial charge in [-0.05, 0) is 76.5 Å². The van der Waals surface area contributed by atoms with Gasteiger partial charge in [-0.15, -0.1) is 0 Å². The molecule has 256 valence electrons. The molecule has 0 radical (unpaired) electrons. The molecule has 4 heterocycles. The van der Waals surface area contributed by atoms with Crippen molar-refractivity contribution < 1.29 is 4.42 Å². The number of nitrogens with zero attached hydrogens (tertiary/aromatic N) is 4. The van der Waals surface area contributed by atoms with Crippen LogP contribution in [0.5, 0.6) is 0 Å². The van der Waals surface area contributed by atoms with Crippen LogP contribution in [0.25, 0.3) is 110 Å². The molecule has 5 heteroatoms. The molecule has 0 N–H and O–H groups in total. The van der Waals surface area contributed by atoms with Gasteiger partial charge in [-0.2, -0.15) is 0 Å². The second kappa shape index (κ2) is 11.5. The van der Waals surface area contributed by atoms with Crippen LogP contribution in [0.2, 0.25) is 0 Å². The molecule has 0 aliphatic heterocycles. The summed E-state index contributed by atoms with van der Waals surface area (Å²) in [5.41, 5.74) is 11.6. The van der Waals surface area contributed by atoms with Gasteiger partial charge >= 0.3 is 0 Å². The third-order valence-corrected chi connectivity index (χ3v) is 11.1. The normalized spacial score (nSPS) is 12.0. The Morgan fingerprint density at radius 2 is 1.00 bits per heavy atom. The molecule has 0 aliphatic carbocycles. The third-order valence-electron chi connectivity index (χ3n) is 11.1. The summed E-state index contributed by atoms with van der Waals surface area (Å²) in [4.78, 5) is 10.9. The van der Waals surface area contributed by atoms with Crippen molar-refractivity contribution in [1.29, 1.82) is 0 Å². The van der Waals surface area contributed by atoms with Crippen LogP contribution in [-0.4, -0.2) is 19.1 Å². The second-order valence-electron chi connectivity index (χ2n) is 14.2. The molecule has 8 aromatic carbocycles. The monoisotopic (exact) mass is 702 g/mol. The fourth-order valence-corrected chi connectivity index (χ4v) is 8.58. The Hall–Kier alpha value is -7.50. The molecule has 5 nitrogen and oxygen atoms in total. The van der Waals surface area contributed by atoms with Gasteiger partial charge in [0.2, 0.25) is 5.95 Å². The van der Waals surface area contributed by atoms with Crippen molar-refractivity contribution >= 4 is 76.5 Å². The standard InChI is InChI=1S/C50H30N4O/c1-3-13-31(14-4-1)34-24-26-46-41(28-34)48-49(55-46)47(35-23-25-39-37-19-9-11-21-42(37)53(44(39)30-35)36-17-5-2-6-18-36)51-50(52-48)54-43-22-12-10-20-38(43)40-27-32-15-7-8-16-33(32)29-45(40)54/h1-30H. The molecule has 12 rings (SSSR count). The summed E-state index contributed by atoms with van der Waals surface area (Å²) < 4.78 is 11.3. The van der Waals surface area contributed by atoms with Gasteiger partial charge in [0.1, 0.15) is 16.8 Å². The van der Waals surface area contributed by atoms with E-state index in [1.807, 2.05) is 6.07 Å². The Labute approximate surface area is 315 Å². The van der Waals surface area contributed by atoms with Gasteiger partial charge in [0.15, 0.2) is 5.58 Å². The molecule has 0 spiro atoms. The molecule has 55 heavy (non-hydrogen) atoms. The smallest absolute Gasteiger partial charge is 0.236 e. The number of benzene rings is 8. The van der Waals surface area contributed by atoms with Crippen molar-refractivity contribution in [2.45, 2.75) is 0 Å². The van der Waals surface area contributed by atoms with Crippen LogP contribution < -0.4 is 0 Å². The van der Waals surface area contributed by atoms with Crippen LogP contribution in [-0.2, 0) is 0 Å². The number of aromatic nitrogens is 4. The zero-order valence-corrected chi connectivity index (χ0v) is 29.5. The summed E-state index contributed by atoms with van der Waals surface area (Å²) >= 11 is 0. The molecule has 0 amide bonds. The highest BCUT2D eigenvalue weighted by Gasteiger charge is 2.23. The second-order valence-corrected chi connectivity index (χ2v) is 14.2. The fourth-order valence-electron chi connectivity index (χ4n) is 8.58. The summed E-state index contributed by atoms with van der Waals surface area (Å²) in [6.45, 7) is 0. The summed E-state index contributed by atoms with van der Waals surface area (Å²) in [5.74, 6) is 0.598. The fraction of sp³-hybridized carbons (Fsp3) is 0. The average Bonchev–Trinajstić information content (AvgIpc) is 3.90. The number of rotatable bonds is 4. The minimum atomic E-state index is 0.598. The number of hydrogen-bond donors (Lipinski definition) is 0. The number of para-hydroxylation sites is 3. The van der Waals surface area contributed by atoms with Gasteiger partial charge in [-0.1, -0.05) is 127 Å². The molecule has 0 unspecified atom stereocenters. The minimum Gasteiger partial charge on any atom is -0.452 e. The van der Waals surface area contributed by atoms with Crippen molar-refractivity contribution in [2.24, 2.45) is 0 Å². The van der Waals surface area contributed by atoms with Crippen LogP contribution in [0.3, 0.4) is 0 Å². The molecule has 0 atom stereocenters. The van der Waals surface area contributed by atoms with Crippen molar-refractivity contribution in [3.8, 4) is 34.0 Å². The lowest BCUT2D eigenvalue weighted by Gasteiger charge is -2.11. The Balaban J connectivity index is 1.20. The first kappa shape index (κ1) is 30.0. The Morgan fingerprint density at radius 3 is 1.80 bits per heavy atom. The van der Waals surface area contributed by atoms with Gasteiger partial charge in [0, 0.05) is 38.2 Å². The average molecular weight is 703 g/mol. The van der Waals surface area contributed by atoms with E-state index < -0.39 is 0 Å². The highest BCUT2D eigenvalue weighted by molar-refractivity contribution is 6.15. The molecule has 0 saturated carbocycles. The van der Waals surface area contributed by atoms with Crippen molar-refractivity contribution in [1.82, 2.24) is 19.1 Å². The van der Waals surface area contributed by atoms with E-state index >= 15 is 0 Å². The van der Waals surface area contributed by atoms with E-state index in [0.717, 1.165) is 77.4 Å². The SMILES string of the molecule is c1ccc(-c2ccc3oc4c(-c5ccc6c7ccccc7n(-c7ccccc7)c6c5)nc(-n5c6ccccc6c6cc7ccccc7cc65)nc4c3c2)cc1. The summed E-state index contributed by atoms with van der Waals surface area (Å²) in [6, 6.07) is 64.3. The Morgan fingerprint density at radius 1 is 0.382 bits per heavy atom. The zero-order valence-electron chi connectivity index (χ0n) is 29.5. The molecular weight excluding hydrogens is 673 g/mol. The summed E-state index contributed by atoms with van der Waals surface area (Å²) in [5, 5.41) is 8.03. The van der Waals surface area contributed by atoms with E-state index in [-0.39, 0.29) is 0 Å². The molecule has 0 bridgehead atoms. The molecule has 0 saturated heterocycles. The maximum Gasteiger partial charge on any atom is 0.236 e. The highest BCUT2D eigenvalue weighted by Crippen LogP contribution is 2.41. The topological polar surface area (TPSA) is 48.8 Å². The van der Waals surface area contributed by atoms with Crippen molar-refractivity contribution in [3.05, 3.63) is 182 Å². The minimum absolute atomic E-state index is 0.598. The molecule has 0 fully saturated rings. The zero-order chi connectivity index (χ0) is 36.0. The van der Waals surface area contributed by atoms with Crippen LogP contribution in [0, 0.1) is 0 Å².